The molecule has 5 nitrogen and oxygen atoms in total. The first-order valence-corrected chi connectivity index (χ1v) is 6.35. The van der Waals surface area contributed by atoms with Crippen LogP contribution >= 0.6 is 0 Å². The molecule has 1 aromatic heterocycles. The summed E-state index contributed by atoms with van der Waals surface area (Å²) in [5, 5.41) is 8.54. The van der Waals surface area contributed by atoms with Gasteiger partial charge >= 0.3 is 0 Å². The Morgan fingerprint density at radius 3 is 2.32 bits per heavy atom. The van der Waals surface area contributed by atoms with Gasteiger partial charge in [0.15, 0.2) is 0 Å². The average molecular weight is 260 g/mol. The largest absolute Gasteiger partial charge is 0.497 e. The van der Waals surface area contributed by atoms with Gasteiger partial charge in [-0.05, 0) is 44.8 Å². The Kier molecular flexibility index (Phi) is 4.52. The van der Waals surface area contributed by atoms with Crippen LogP contribution < -0.4 is 4.74 Å². The monoisotopic (exact) mass is 260 g/mol. The van der Waals surface area contributed by atoms with Crippen LogP contribution in [0.25, 0.3) is 0 Å². The van der Waals surface area contributed by atoms with E-state index in [0.29, 0.717) is 0 Å². The standard InChI is InChI=1S/C14H20N4O/c1-17(2)11-8-14(18-15-9-10-16-18)12-4-6-13(19-3)7-5-12/h4-7,9-10,14H,8,11H2,1-3H3. The molecule has 19 heavy (non-hydrogen) atoms. The number of nitrogens with zero attached hydrogens (tertiary/aromatic N) is 4. The van der Waals surface area contributed by atoms with E-state index in [9.17, 15) is 0 Å². The fourth-order valence-corrected chi connectivity index (χ4v) is 2.01. The molecular weight excluding hydrogens is 240 g/mol. The first kappa shape index (κ1) is 13.5. The van der Waals surface area contributed by atoms with Crippen molar-refractivity contribution in [1.29, 1.82) is 0 Å². The van der Waals surface area contributed by atoms with Crippen LogP contribution in [0.1, 0.15) is 18.0 Å². The van der Waals surface area contributed by atoms with E-state index >= 15 is 0 Å². The van der Waals surface area contributed by atoms with Crippen molar-refractivity contribution in [2.24, 2.45) is 0 Å². The number of hydrogen-bond acceptors (Lipinski definition) is 4. The van der Waals surface area contributed by atoms with E-state index in [1.807, 2.05) is 12.1 Å². The molecule has 1 heterocycles. The maximum absolute atomic E-state index is 5.19. The summed E-state index contributed by atoms with van der Waals surface area (Å²) in [5.41, 5.74) is 1.19. The fraction of sp³-hybridized carbons (Fsp3) is 0.429. The third-order valence-electron chi connectivity index (χ3n) is 3.07. The van der Waals surface area contributed by atoms with Gasteiger partial charge in [-0.2, -0.15) is 15.0 Å². The van der Waals surface area contributed by atoms with E-state index in [4.69, 9.17) is 4.74 Å². The van der Waals surface area contributed by atoms with Gasteiger partial charge in [0.25, 0.3) is 0 Å². The number of rotatable bonds is 6. The summed E-state index contributed by atoms with van der Waals surface area (Å²) in [6.07, 6.45) is 4.40. The van der Waals surface area contributed by atoms with Gasteiger partial charge in [-0.1, -0.05) is 12.1 Å². The van der Waals surface area contributed by atoms with Crippen molar-refractivity contribution in [3.05, 3.63) is 42.2 Å². The highest BCUT2D eigenvalue weighted by molar-refractivity contribution is 5.29. The van der Waals surface area contributed by atoms with Crippen molar-refractivity contribution < 1.29 is 4.74 Å². The third-order valence-corrected chi connectivity index (χ3v) is 3.07. The van der Waals surface area contributed by atoms with Crippen LogP contribution in [0, 0.1) is 0 Å². The van der Waals surface area contributed by atoms with Gasteiger partial charge in [-0.15, -0.1) is 0 Å². The molecule has 0 fully saturated rings. The van der Waals surface area contributed by atoms with Crippen molar-refractivity contribution in [3.8, 4) is 5.75 Å². The van der Waals surface area contributed by atoms with E-state index in [0.717, 1.165) is 18.7 Å². The molecule has 0 spiro atoms. The zero-order chi connectivity index (χ0) is 13.7. The van der Waals surface area contributed by atoms with Gasteiger partial charge in [-0.25, -0.2) is 0 Å². The number of benzene rings is 1. The molecule has 2 aromatic rings. The van der Waals surface area contributed by atoms with Gasteiger partial charge in [0.05, 0.1) is 25.5 Å². The molecule has 0 aliphatic rings. The van der Waals surface area contributed by atoms with Crippen LogP contribution in [0.4, 0.5) is 0 Å². The Balaban J connectivity index is 2.20. The molecule has 1 atom stereocenters. The first-order valence-electron chi connectivity index (χ1n) is 6.35. The highest BCUT2D eigenvalue weighted by Crippen LogP contribution is 2.23. The maximum atomic E-state index is 5.19. The highest BCUT2D eigenvalue weighted by atomic mass is 16.5. The Morgan fingerprint density at radius 1 is 1.16 bits per heavy atom. The quantitative estimate of drug-likeness (QED) is 0.794. The molecule has 5 heteroatoms. The summed E-state index contributed by atoms with van der Waals surface area (Å²) in [7, 11) is 5.82. The van der Waals surface area contributed by atoms with Gasteiger partial charge in [0.1, 0.15) is 5.75 Å². The lowest BCUT2D eigenvalue weighted by Gasteiger charge is -2.19. The molecular formula is C14H20N4O. The van der Waals surface area contributed by atoms with E-state index in [1.165, 1.54) is 5.56 Å². The first-order chi connectivity index (χ1) is 9.20. The van der Waals surface area contributed by atoms with Crippen molar-refractivity contribution in [2.45, 2.75) is 12.5 Å². The number of aromatic nitrogens is 3. The molecule has 0 saturated carbocycles. The number of methoxy groups -OCH3 is 1. The predicted octanol–water partition coefficient (Wildman–Crippen LogP) is 1.83. The van der Waals surface area contributed by atoms with Crippen molar-refractivity contribution in [2.75, 3.05) is 27.7 Å². The minimum atomic E-state index is 0.156. The Morgan fingerprint density at radius 2 is 1.79 bits per heavy atom. The zero-order valence-corrected chi connectivity index (χ0v) is 11.7. The smallest absolute Gasteiger partial charge is 0.118 e. The van der Waals surface area contributed by atoms with Gasteiger partial charge < -0.3 is 9.64 Å². The van der Waals surface area contributed by atoms with E-state index in [2.05, 4.69) is 41.3 Å². The minimum Gasteiger partial charge on any atom is -0.497 e. The lowest BCUT2D eigenvalue weighted by molar-refractivity contribution is 0.342. The molecule has 1 aromatic carbocycles. The molecule has 0 N–H and O–H groups in total. The molecule has 102 valence electrons. The second kappa shape index (κ2) is 6.33. The molecule has 0 radical (unpaired) electrons. The molecule has 0 saturated heterocycles. The lowest BCUT2D eigenvalue weighted by Crippen LogP contribution is -2.21. The average Bonchev–Trinajstić information content (AvgIpc) is 2.93. The van der Waals surface area contributed by atoms with Crippen molar-refractivity contribution in [3.63, 3.8) is 0 Å². The van der Waals surface area contributed by atoms with Gasteiger partial charge in [0.2, 0.25) is 0 Å². The Hall–Kier alpha value is -1.88. The van der Waals surface area contributed by atoms with Crippen LogP contribution in [0.2, 0.25) is 0 Å². The van der Waals surface area contributed by atoms with Gasteiger partial charge in [-0.3, -0.25) is 0 Å². The Bertz CT molecular complexity index is 479. The fourth-order valence-electron chi connectivity index (χ4n) is 2.01. The summed E-state index contributed by atoms with van der Waals surface area (Å²) in [5.74, 6) is 0.864. The molecule has 0 amide bonds. The molecule has 1 unspecified atom stereocenters. The molecule has 0 aliphatic carbocycles. The molecule has 0 bridgehead atoms. The second-order valence-electron chi connectivity index (χ2n) is 4.73. The normalized spacial score (nSPS) is 12.6. The van der Waals surface area contributed by atoms with E-state index < -0.39 is 0 Å². The van der Waals surface area contributed by atoms with Crippen LogP contribution in [0.3, 0.4) is 0 Å². The molecule has 0 aliphatic heterocycles. The zero-order valence-electron chi connectivity index (χ0n) is 11.7. The topological polar surface area (TPSA) is 43.2 Å². The van der Waals surface area contributed by atoms with Gasteiger partial charge in [0, 0.05) is 0 Å². The summed E-state index contributed by atoms with van der Waals surface area (Å²) < 4.78 is 5.19. The SMILES string of the molecule is COc1ccc(C(CCN(C)C)n2nccn2)cc1. The lowest BCUT2D eigenvalue weighted by atomic mass is 10.0. The van der Waals surface area contributed by atoms with Crippen LogP contribution in [-0.2, 0) is 0 Å². The van der Waals surface area contributed by atoms with Crippen LogP contribution in [-0.4, -0.2) is 47.6 Å². The summed E-state index contributed by atoms with van der Waals surface area (Å²) in [4.78, 5) is 3.94. The second-order valence-corrected chi connectivity index (χ2v) is 4.73. The van der Waals surface area contributed by atoms with E-state index in [-0.39, 0.29) is 6.04 Å². The van der Waals surface area contributed by atoms with Crippen LogP contribution in [0.5, 0.6) is 5.75 Å². The number of ether oxygens (including phenoxy) is 1. The minimum absolute atomic E-state index is 0.156. The van der Waals surface area contributed by atoms with Crippen molar-refractivity contribution >= 4 is 0 Å². The summed E-state index contributed by atoms with van der Waals surface area (Å²) in [6.45, 7) is 0.984. The van der Waals surface area contributed by atoms with Crippen LogP contribution in [0.15, 0.2) is 36.7 Å². The van der Waals surface area contributed by atoms with Crippen molar-refractivity contribution in [1.82, 2.24) is 19.9 Å². The van der Waals surface area contributed by atoms with E-state index in [1.54, 1.807) is 24.3 Å². The maximum Gasteiger partial charge on any atom is 0.118 e. The Labute approximate surface area is 113 Å². The highest BCUT2D eigenvalue weighted by Gasteiger charge is 2.15. The molecule has 2 rings (SSSR count). The summed E-state index contributed by atoms with van der Waals surface area (Å²) >= 11 is 0. The summed E-state index contributed by atoms with van der Waals surface area (Å²) in [6, 6.07) is 8.25. The third kappa shape index (κ3) is 3.54. The number of hydrogen-bond donors (Lipinski definition) is 0. The predicted molar refractivity (Wildman–Crippen MR) is 74.3 cm³/mol.